The van der Waals surface area contributed by atoms with Crippen molar-refractivity contribution in [3.05, 3.63) is 34.4 Å². The summed E-state index contributed by atoms with van der Waals surface area (Å²) in [6.45, 7) is 6.70. The van der Waals surface area contributed by atoms with E-state index in [4.69, 9.17) is 0 Å². The third-order valence-corrected chi connectivity index (χ3v) is 5.63. The molecule has 2 heteroatoms. The minimum atomic E-state index is 0.249. The van der Waals surface area contributed by atoms with Crippen molar-refractivity contribution in [3.8, 4) is 0 Å². The lowest BCUT2D eigenvalue weighted by molar-refractivity contribution is 0.0591. The minimum absolute atomic E-state index is 0.249. The van der Waals surface area contributed by atoms with E-state index in [9.17, 15) is 0 Å². The van der Waals surface area contributed by atoms with E-state index in [1.165, 1.54) is 54.4 Å². The molecule has 1 saturated carbocycles. The van der Waals surface area contributed by atoms with Crippen LogP contribution >= 0.6 is 0 Å². The molecule has 0 aliphatic heterocycles. The van der Waals surface area contributed by atoms with Gasteiger partial charge in [-0.2, -0.15) is 0 Å². The molecule has 1 aromatic carbocycles. The fourth-order valence-electron chi connectivity index (χ4n) is 4.17. The molecule has 0 amide bonds. The van der Waals surface area contributed by atoms with Gasteiger partial charge in [-0.3, -0.25) is 0 Å². The highest BCUT2D eigenvalue weighted by atomic mass is 15.2. The molecule has 118 valence electrons. The van der Waals surface area contributed by atoms with E-state index < -0.39 is 0 Å². The zero-order valence-corrected chi connectivity index (χ0v) is 14.7. The minimum Gasteiger partial charge on any atom is -0.311 e. The number of aryl methyl sites for hydroxylation is 3. The van der Waals surface area contributed by atoms with Crippen molar-refractivity contribution in [2.45, 2.75) is 64.5 Å². The highest BCUT2D eigenvalue weighted by molar-refractivity contribution is 5.40. The number of hydrogen-bond acceptors (Lipinski definition) is 2. The summed E-state index contributed by atoms with van der Waals surface area (Å²) < 4.78 is 0. The van der Waals surface area contributed by atoms with Crippen molar-refractivity contribution < 1.29 is 0 Å². The maximum absolute atomic E-state index is 3.66. The van der Waals surface area contributed by atoms with Gasteiger partial charge in [0.15, 0.2) is 0 Å². The molecule has 2 nitrogen and oxygen atoms in total. The summed E-state index contributed by atoms with van der Waals surface area (Å²) in [5, 5.41) is 3.66. The molecule has 1 aliphatic rings. The fourth-order valence-corrected chi connectivity index (χ4v) is 4.17. The van der Waals surface area contributed by atoms with E-state index in [0.29, 0.717) is 6.04 Å². The first-order valence-electron chi connectivity index (χ1n) is 8.35. The van der Waals surface area contributed by atoms with E-state index in [-0.39, 0.29) is 5.54 Å². The summed E-state index contributed by atoms with van der Waals surface area (Å²) in [4.78, 5) is 2.47. The van der Waals surface area contributed by atoms with Crippen molar-refractivity contribution in [2.75, 3.05) is 21.1 Å². The Kier molecular flexibility index (Phi) is 5.11. The lowest BCUT2D eigenvalue weighted by Gasteiger charge is -2.49. The van der Waals surface area contributed by atoms with Gasteiger partial charge < -0.3 is 10.2 Å². The molecular formula is C19H32N2. The number of benzene rings is 1. The molecule has 1 aliphatic carbocycles. The number of rotatable bonds is 4. The predicted octanol–water partition coefficient (Wildman–Crippen LogP) is 4.14. The average molecular weight is 288 g/mol. The molecule has 0 heterocycles. The van der Waals surface area contributed by atoms with E-state index in [1.807, 2.05) is 0 Å². The highest BCUT2D eigenvalue weighted by Gasteiger charge is 2.42. The number of nitrogens with zero attached hydrogens (tertiary/aromatic N) is 1. The van der Waals surface area contributed by atoms with Gasteiger partial charge in [0.05, 0.1) is 6.04 Å². The van der Waals surface area contributed by atoms with Crippen molar-refractivity contribution >= 4 is 0 Å². The Morgan fingerprint density at radius 2 is 1.52 bits per heavy atom. The summed E-state index contributed by atoms with van der Waals surface area (Å²) in [7, 11) is 6.64. The van der Waals surface area contributed by atoms with Crippen LogP contribution in [0, 0.1) is 20.8 Å². The van der Waals surface area contributed by atoms with E-state index in [1.54, 1.807) is 0 Å². The van der Waals surface area contributed by atoms with Gasteiger partial charge >= 0.3 is 0 Å². The summed E-state index contributed by atoms with van der Waals surface area (Å²) >= 11 is 0. The zero-order chi connectivity index (χ0) is 15.6. The predicted molar refractivity (Wildman–Crippen MR) is 92.0 cm³/mol. The third kappa shape index (κ3) is 3.02. The maximum atomic E-state index is 3.66. The van der Waals surface area contributed by atoms with E-state index in [2.05, 4.69) is 64.3 Å². The largest absolute Gasteiger partial charge is 0.311 e. The van der Waals surface area contributed by atoms with Gasteiger partial charge in [0.25, 0.3) is 0 Å². The van der Waals surface area contributed by atoms with Gasteiger partial charge in [-0.05, 0) is 77.0 Å². The molecule has 1 atom stereocenters. The molecule has 0 spiro atoms. The Morgan fingerprint density at radius 1 is 0.952 bits per heavy atom. The van der Waals surface area contributed by atoms with Crippen LogP contribution in [-0.4, -0.2) is 31.6 Å². The van der Waals surface area contributed by atoms with Crippen LogP contribution in [-0.2, 0) is 0 Å². The van der Waals surface area contributed by atoms with Crippen LogP contribution in [0.3, 0.4) is 0 Å². The molecule has 21 heavy (non-hydrogen) atoms. The fraction of sp³-hybridized carbons (Fsp3) is 0.684. The smallest absolute Gasteiger partial charge is 0.0507 e. The second-order valence-corrected chi connectivity index (χ2v) is 7.07. The van der Waals surface area contributed by atoms with Crippen LogP contribution < -0.4 is 5.32 Å². The number of nitrogens with one attached hydrogen (secondary N) is 1. The first-order chi connectivity index (χ1) is 9.92. The molecule has 1 unspecified atom stereocenters. The molecule has 1 aromatic rings. The topological polar surface area (TPSA) is 15.3 Å². The molecule has 1 N–H and O–H groups in total. The highest BCUT2D eigenvalue weighted by Crippen LogP contribution is 2.43. The van der Waals surface area contributed by atoms with Crippen LogP contribution in [0.2, 0.25) is 0 Å². The van der Waals surface area contributed by atoms with Crippen molar-refractivity contribution in [2.24, 2.45) is 0 Å². The SMILES string of the molecule is CNC(c1cc(C)c(C)cc1C)C1(N(C)C)CCCCC1. The standard InChI is InChI=1S/C19H32N2/c1-14-12-16(3)17(13-15(14)2)18(20-4)19(21(5)6)10-8-7-9-11-19/h12-13,18,20H,7-11H2,1-6H3. The second kappa shape index (κ2) is 6.50. The van der Waals surface area contributed by atoms with Gasteiger partial charge in [-0.1, -0.05) is 31.4 Å². The third-order valence-electron chi connectivity index (χ3n) is 5.63. The van der Waals surface area contributed by atoms with Crippen molar-refractivity contribution in [1.82, 2.24) is 10.2 Å². The van der Waals surface area contributed by atoms with Gasteiger partial charge in [-0.15, -0.1) is 0 Å². The van der Waals surface area contributed by atoms with E-state index in [0.717, 1.165) is 0 Å². The number of hydrogen-bond donors (Lipinski definition) is 1. The van der Waals surface area contributed by atoms with Crippen molar-refractivity contribution in [1.29, 1.82) is 0 Å². The molecule has 0 saturated heterocycles. The molecule has 2 rings (SSSR count). The van der Waals surface area contributed by atoms with Crippen LogP contribution in [0.4, 0.5) is 0 Å². The lowest BCUT2D eigenvalue weighted by atomic mass is 9.72. The zero-order valence-electron chi connectivity index (χ0n) is 14.7. The van der Waals surface area contributed by atoms with E-state index >= 15 is 0 Å². The summed E-state index contributed by atoms with van der Waals surface area (Å²) in [6.07, 6.45) is 6.66. The van der Waals surface area contributed by atoms with Gasteiger partial charge in [-0.25, -0.2) is 0 Å². The Morgan fingerprint density at radius 3 is 2.05 bits per heavy atom. The van der Waals surface area contributed by atoms with Crippen LogP contribution in [0.25, 0.3) is 0 Å². The molecule has 0 bridgehead atoms. The monoisotopic (exact) mass is 288 g/mol. The Hall–Kier alpha value is -0.860. The van der Waals surface area contributed by atoms with Crippen LogP contribution in [0.1, 0.15) is 60.4 Å². The summed E-state index contributed by atoms with van der Waals surface area (Å²) in [6, 6.07) is 5.17. The first kappa shape index (κ1) is 16.5. The lowest BCUT2D eigenvalue weighted by Crippen LogP contribution is -2.54. The van der Waals surface area contributed by atoms with Gasteiger partial charge in [0.2, 0.25) is 0 Å². The number of likely N-dealkylation sites (N-methyl/N-ethyl adjacent to an activating group) is 2. The second-order valence-electron chi connectivity index (χ2n) is 7.07. The summed E-state index contributed by atoms with van der Waals surface area (Å²) in [5.41, 5.74) is 5.95. The normalized spacial score (nSPS) is 19.8. The molecule has 0 aromatic heterocycles. The average Bonchev–Trinajstić information content (AvgIpc) is 2.46. The Labute approximate surface area is 130 Å². The molecule has 1 fully saturated rings. The van der Waals surface area contributed by atoms with Crippen LogP contribution in [0.15, 0.2) is 12.1 Å². The Balaban J connectivity index is 2.48. The van der Waals surface area contributed by atoms with Gasteiger partial charge in [0.1, 0.15) is 0 Å². The van der Waals surface area contributed by atoms with Gasteiger partial charge in [0, 0.05) is 5.54 Å². The Bertz CT molecular complexity index is 485. The molecule has 0 radical (unpaired) electrons. The quantitative estimate of drug-likeness (QED) is 0.896. The molecular weight excluding hydrogens is 256 g/mol. The van der Waals surface area contributed by atoms with Crippen LogP contribution in [0.5, 0.6) is 0 Å². The summed E-state index contributed by atoms with van der Waals surface area (Å²) in [5.74, 6) is 0. The first-order valence-corrected chi connectivity index (χ1v) is 8.35. The van der Waals surface area contributed by atoms with Crippen molar-refractivity contribution in [3.63, 3.8) is 0 Å². The maximum Gasteiger partial charge on any atom is 0.0507 e.